The molecule has 0 saturated carbocycles. The summed E-state index contributed by atoms with van der Waals surface area (Å²) in [4.78, 5) is 15.6. The second kappa shape index (κ2) is 9.99. The second-order valence-corrected chi connectivity index (χ2v) is 10.3. The Hall–Kier alpha value is -4.29. The fraction of sp³-hybridized carbons (Fsp3) is 0.321. The van der Waals surface area contributed by atoms with Crippen LogP contribution >= 0.6 is 0 Å². The number of nitrogens with one attached hydrogen (secondary N) is 1. The molecule has 3 heterocycles. The lowest BCUT2D eigenvalue weighted by atomic mass is 9.96. The van der Waals surface area contributed by atoms with E-state index >= 15 is 0 Å². The smallest absolute Gasteiger partial charge is 0.227 e. The van der Waals surface area contributed by atoms with Crippen LogP contribution in [0.1, 0.15) is 45.0 Å². The Balaban J connectivity index is 1.32. The molecule has 1 saturated heterocycles. The van der Waals surface area contributed by atoms with Gasteiger partial charge in [0.05, 0.1) is 28.7 Å². The van der Waals surface area contributed by atoms with Crippen LogP contribution < -0.4 is 10.2 Å². The average Bonchev–Trinajstić information content (AvgIpc) is 3.41. The first-order valence-corrected chi connectivity index (χ1v) is 12.4. The molecule has 2 aromatic heterocycles. The van der Waals surface area contributed by atoms with Crippen molar-refractivity contribution in [3.05, 3.63) is 72.4 Å². The van der Waals surface area contributed by atoms with Crippen LogP contribution in [-0.4, -0.2) is 49.0 Å². The lowest BCUT2D eigenvalue weighted by Gasteiger charge is -2.32. The van der Waals surface area contributed by atoms with Crippen molar-refractivity contribution >= 4 is 17.3 Å². The molecule has 0 spiro atoms. The van der Waals surface area contributed by atoms with E-state index in [-0.39, 0.29) is 11.5 Å². The molecule has 37 heavy (non-hydrogen) atoms. The number of anilines is 3. The number of nitriles is 1. The molecular formula is C28H30N8O. The standard InChI is InChI=1S/C28H30N8O/c1-28(2,3)26-31-18-36(34-26)22-7-5-21(6-8-22)32-27-30-13-10-24(33-27)19-4-9-25(20(16-19)17-29)35-14-11-23(37)12-15-35/h4-10,13,16,18,23,37H,11-12,14-15H2,1-3H3,(H,30,32,33). The van der Waals surface area contributed by atoms with Gasteiger partial charge in [-0.05, 0) is 55.3 Å². The summed E-state index contributed by atoms with van der Waals surface area (Å²) in [6, 6.07) is 17.8. The van der Waals surface area contributed by atoms with Gasteiger partial charge in [-0.25, -0.2) is 19.6 Å². The molecule has 0 aliphatic carbocycles. The Morgan fingerprint density at radius 3 is 2.46 bits per heavy atom. The molecule has 1 fully saturated rings. The lowest BCUT2D eigenvalue weighted by Crippen LogP contribution is -2.36. The number of piperidine rings is 1. The molecule has 2 aromatic carbocycles. The fourth-order valence-corrected chi connectivity index (χ4v) is 4.30. The predicted octanol–water partition coefficient (Wildman–Crippen LogP) is 4.60. The van der Waals surface area contributed by atoms with E-state index in [1.54, 1.807) is 17.2 Å². The van der Waals surface area contributed by atoms with Crippen molar-refractivity contribution < 1.29 is 5.11 Å². The lowest BCUT2D eigenvalue weighted by molar-refractivity contribution is 0.145. The highest BCUT2D eigenvalue weighted by Crippen LogP contribution is 2.29. The molecule has 9 nitrogen and oxygen atoms in total. The van der Waals surface area contributed by atoms with Gasteiger partial charge in [-0.1, -0.05) is 26.8 Å². The highest BCUT2D eigenvalue weighted by atomic mass is 16.3. The van der Waals surface area contributed by atoms with E-state index in [1.807, 2.05) is 48.5 Å². The van der Waals surface area contributed by atoms with Crippen LogP contribution in [0.2, 0.25) is 0 Å². The average molecular weight is 495 g/mol. The van der Waals surface area contributed by atoms with E-state index < -0.39 is 0 Å². The van der Waals surface area contributed by atoms with E-state index in [1.165, 1.54) is 0 Å². The summed E-state index contributed by atoms with van der Waals surface area (Å²) in [5.41, 5.74) is 4.71. The van der Waals surface area contributed by atoms with Crippen LogP contribution in [0.15, 0.2) is 61.1 Å². The van der Waals surface area contributed by atoms with Gasteiger partial charge in [0, 0.05) is 36.0 Å². The zero-order valence-electron chi connectivity index (χ0n) is 21.3. The van der Waals surface area contributed by atoms with Crippen molar-refractivity contribution in [2.75, 3.05) is 23.3 Å². The number of hydrogen-bond donors (Lipinski definition) is 2. The predicted molar refractivity (Wildman–Crippen MR) is 143 cm³/mol. The zero-order valence-corrected chi connectivity index (χ0v) is 21.3. The van der Waals surface area contributed by atoms with E-state index in [4.69, 9.17) is 0 Å². The van der Waals surface area contributed by atoms with Crippen LogP contribution in [0.25, 0.3) is 16.9 Å². The maximum atomic E-state index is 9.80. The Labute approximate surface area is 216 Å². The minimum Gasteiger partial charge on any atom is -0.393 e. The van der Waals surface area contributed by atoms with E-state index in [0.29, 0.717) is 24.4 Å². The zero-order chi connectivity index (χ0) is 26.0. The summed E-state index contributed by atoms with van der Waals surface area (Å²) in [6.45, 7) is 7.74. The Bertz CT molecular complexity index is 1420. The van der Waals surface area contributed by atoms with E-state index in [2.05, 4.69) is 57.1 Å². The number of nitrogens with zero attached hydrogens (tertiary/aromatic N) is 7. The van der Waals surface area contributed by atoms with Crippen LogP contribution in [0.5, 0.6) is 0 Å². The monoisotopic (exact) mass is 494 g/mol. The topological polar surface area (TPSA) is 116 Å². The quantitative estimate of drug-likeness (QED) is 0.414. The molecule has 9 heteroatoms. The molecular weight excluding hydrogens is 464 g/mol. The summed E-state index contributed by atoms with van der Waals surface area (Å²) in [7, 11) is 0. The molecule has 0 unspecified atom stereocenters. The molecule has 188 valence electrons. The third kappa shape index (κ3) is 5.44. The van der Waals surface area contributed by atoms with Gasteiger partial charge in [0.1, 0.15) is 12.4 Å². The van der Waals surface area contributed by atoms with Crippen molar-refractivity contribution in [3.8, 4) is 23.0 Å². The van der Waals surface area contributed by atoms with Gasteiger partial charge in [-0.15, -0.1) is 0 Å². The number of benzene rings is 2. The van der Waals surface area contributed by atoms with E-state index in [0.717, 1.165) is 47.2 Å². The highest BCUT2D eigenvalue weighted by Gasteiger charge is 2.20. The van der Waals surface area contributed by atoms with Gasteiger partial charge in [0.15, 0.2) is 5.82 Å². The SMILES string of the molecule is CC(C)(C)c1ncn(-c2ccc(Nc3nccc(-c4ccc(N5CCC(O)CC5)c(C#N)c4)n3)cc2)n1. The fourth-order valence-electron chi connectivity index (χ4n) is 4.30. The van der Waals surface area contributed by atoms with Gasteiger partial charge in [-0.2, -0.15) is 10.4 Å². The van der Waals surface area contributed by atoms with Crippen LogP contribution in [-0.2, 0) is 5.41 Å². The number of aromatic nitrogens is 5. The van der Waals surface area contributed by atoms with Crippen molar-refractivity contribution in [2.24, 2.45) is 0 Å². The molecule has 0 radical (unpaired) electrons. The minimum atomic E-state index is -0.256. The Morgan fingerprint density at radius 2 is 1.78 bits per heavy atom. The van der Waals surface area contributed by atoms with Gasteiger partial charge >= 0.3 is 0 Å². The summed E-state index contributed by atoms with van der Waals surface area (Å²) in [6.07, 6.45) is 4.60. The number of hydrogen-bond acceptors (Lipinski definition) is 8. The Morgan fingerprint density at radius 1 is 1.03 bits per heavy atom. The van der Waals surface area contributed by atoms with E-state index in [9.17, 15) is 10.4 Å². The number of rotatable bonds is 5. The first kappa shape index (κ1) is 24.4. The first-order valence-electron chi connectivity index (χ1n) is 12.4. The summed E-state index contributed by atoms with van der Waals surface area (Å²) in [5.74, 6) is 1.26. The van der Waals surface area contributed by atoms with Crippen LogP contribution in [0.3, 0.4) is 0 Å². The maximum absolute atomic E-state index is 9.80. The molecule has 0 amide bonds. The number of aliphatic hydroxyl groups excluding tert-OH is 1. The maximum Gasteiger partial charge on any atom is 0.227 e. The summed E-state index contributed by atoms with van der Waals surface area (Å²) >= 11 is 0. The normalized spacial score (nSPS) is 14.4. The molecule has 1 aliphatic rings. The second-order valence-electron chi connectivity index (χ2n) is 10.3. The Kier molecular flexibility index (Phi) is 6.59. The third-order valence-electron chi connectivity index (χ3n) is 6.42. The third-order valence-corrected chi connectivity index (χ3v) is 6.42. The molecule has 0 atom stereocenters. The molecule has 1 aliphatic heterocycles. The molecule has 4 aromatic rings. The van der Waals surface area contributed by atoms with Crippen molar-refractivity contribution in [2.45, 2.75) is 45.1 Å². The van der Waals surface area contributed by atoms with Gasteiger partial charge in [0.2, 0.25) is 5.95 Å². The van der Waals surface area contributed by atoms with Gasteiger partial charge < -0.3 is 15.3 Å². The van der Waals surface area contributed by atoms with Gasteiger partial charge in [-0.3, -0.25) is 0 Å². The summed E-state index contributed by atoms with van der Waals surface area (Å²) < 4.78 is 1.77. The molecule has 5 rings (SSSR count). The molecule has 0 bridgehead atoms. The largest absolute Gasteiger partial charge is 0.393 e. The van der Waals surface area contributed by atoms with Crippen molar-refractivity contribution in [3.63, 3.8) is 0 Å². The van der Waals surface area contributed by atoms with Crippen LogP contribution in [0, 0.1) is 11.3 Å². The summed E-state index contributed by atoms with van der Waals surface area (Å²) in [5, 5.41) is 27.4. The molecule has 2 N–H and O–H groups in total. The first-order chi connectivity index (χ1) is 17.8. The highest BCUT2D eigenvalue weighted by molar-refractivity contribution is 5.70. The minimum absolute atomic E-state index is 0.111. The van der Waals surface area contributed by atoms with Gasteiger partial charge in [0.25, 0.3) is 0 Å². The van der Waals surface area contributed by atoms with Crippen LogP contribution in [0.4, 0.5) is 17.3 Å². The van der Waals surface area contributed by atoms with Crippen molar-refractivity contribution in [1.29, 1.82) is 5.26 Å². The van der Waals surface area contributed by atoms with Crippen molar-refractivity contribution in [1.82, 2.24) is 24.7 Å². The number of aliphatic hydroxyl groups is 1.